The van der Waals surface area contributed by atoms with Crippen LogP contribution in [0.4, 0.5) is 4.39 Å². The number of rotatable bonds is 10. The quantitative estimate of drug-likeness (QED) is 0.292. The first kappa shape index (κ1) is 27.6. The van der Waals surface area contributed by atoms with Crippen molar-refractivity contribution in [2.75, 3.05) is 19.7 Å². The molecule has 4 heterocycles. The van der Waals surface area contributed by atoms with Gasteiger partial charge < -0.3 is 23.9 Å². The fraction of sp³-hybridized carbons (Fsp3) is 0.355. The number of carbonyl (C=O) groups is 1. The number of hydrogen-bond donors (Lipinski definition) is 1. The summed E-state index contributed by atoms with van der Waals surface area (Å²) in [5.74, 6) is 0.452. The summed E-state index contributed by atoms with van der Waals surface area (Å²) in [5.41, 5.74) is 2.62. The summed E-state index contributed by atoms with van der Waals surface area (Å²) in [5, 5.41) is 18.7. The number of likely N-dealkylation sites (tertiary alicyclic amines) is 1. The second-order valence-corrected chi connectivity index (χ2v) is 10.5. The van der Waals surface area contributed by atoms with Crippen LogP contribution in [0.1, 0.15) is 46.7 Å². The molecule has 216 valence electrons. The van der Waals surface area contributed by atoms with Crippen LogP contribution in [0.2, 0.25) is 0 Å². The molecule has 2 saturated heterocycles. The summed E-state index contributed by atoms with van der Waals surface area (Å²) in [7, 11) is 0. The van der Waals surface area contributed by atoms with E-state index < -0.39 is 11.8 Å². The van der Waals surface area contributed by atoms with Crippen molar-refractivity contribution in [3.8, 4) is 17.6 Å². The molecule has 0 amide bonds. The number of aromatic carboxylic acids is 1. The highest BCUT2D eigenvalue weighted by Crippen LogP contribution is 2.26. The molecule has 1 N–H and O–H groups in total. The van der Waals surface area contributed by atoms with Gasteiger partial charge in [0.15, 0.2) is 0 Å². The zero-order valence-electron chi connectivity index (χ0n) is 22.9. The zero-order valence-corrected chi connectivity index (χ0v) is 22.9. The van der Waals surface area contributed by atoms with Gasteiger partial charge >= 0.3 is 5.97 Å². The van der Waals surface area contributed by atoms with Crippen LogP contribution in [0, 0.1) is 17.1 Å². The predicted molar refractivity (Wildman–Crippen MR) is 150 cm³/mol. The molecule has 11 heteroatoms. The number of aromatic nitrogens is 3. The Balaban J connectivity index is 1.06. The van der Waals surface area contributed by atoms with E-state index in [9.17, 15) is 19.6 Å². The summed E-state index contributed by atoms with van der Waals surface area (Å²) in [6.45, 7) is 3.84. The van der Waals surface area contributed by atoms with Crippen molar-refractivity contribution in [3.63, 3.8) is 0 Å². The van der Waals surface area contributed by atoms with Crippen LogP contribution in [0.5, 0.6) is 11.5 Å². The molecule has 10 nitrogen and oxygen atoms in total. The molecule has 0 spiro atoms. The first-order valence-corrected chi connectivity index (χ1v) is 14.0. The molecule has 6 rings (SSSR count). The first-order chi connectivity index (χ1) is 20.4. The molecule has 0 bridgehead atoms. The Kier molecular flexibility index (Phi) is 7.99. The molecule has 2 aromatic heterocycles. The van der Waals surface area contributed by atoms with E-state index in [4.69, 9.17) is 19.2 Å². The van der Waals surface area contributed by atoms with Gasteiger partial charge in [0.05, 0.1) is 47.0 Å². The molecular formula is C31H30FN5O5. The number of fused-ring (bicyclic) bond motifs is 1. The van der Waals surface area contributed by atoms with Crippen molar-refractivity contribution < 1.29 is 28.5 Å². The Labute approximate surface area is 241 Å². The second-order valence-electron chi connectivity index (χ2n) is 10.5. The average Bonchev–Trinajstić information content (AvgIpc) is 3.31. The third kappa shape index (κ3) is 6.20. The van der Waals surface area contributed by atoms with E-state index in [1.165, 1.54) is 12.1 Å². The van der Waals surface area contributed by atoms with Crippen LogP contribution in [-0.2, 0) is 24.4 Å². The fourth-order valence-corrected chi connectivity index (χ4v) is 5.32. The van der Waals surface area contributed by atoms with E-state index in [-0.39, 0.29) is 29.9 Å². The predicted octanol–water partition coefficient (Wildman–Crippen LogP) is 4.55. The van der Waals surface area contributed by atoms with Crippen LogP contribution < -0.4 is 9.47 Å². The number of piperidine rings is 1. The standard InChI is InChI=1S/C31H30FN5O5/c32-22-2-4-29(21(13-22)16-33)41-19-23-15-25(5-9-34-23)42-24-6-10-36(11-7-24)18-30-35-27-3-1-20(31(38)39)14-28(27)37(30)17-26-8-12-40-26/h1-5,9,13-15,24,26H,6-8,10-12,17-19H2,(H,38,39)/t26-/m0/s1. The third-order valence-electron chi connectivity index (χ3n) is 7.68. The minimum atomic E-state index is -0.956. The van der Waals surface area contributed by atoms with Gasteiger partial charge in [-0.15, -0.1) is 0 Å². The molecule has 2 fully saturated rings. The average molecular weight is 572 g/mol. The van der Waals surface area contributed by atoms with E-state index >= 15 is 0 Å². The number of ether oxygens (including phenoxy) is 3. The fourth-order valence-electron chi connectivity index (χ4n) is 5.32. The van der Waals surface area contributed by atoms with Gasteiger partial charge in [-0.25, -0.2) is 14.2 Å². The van der Waals surface area contributed by atoms with Gasteiger partial charge in [-0.1, -0.05) is 0 Å². The minimum Gasteiger partial charge on any atom is -0.490 e. The molecule has 0 saturated carbocycles. The van der Waals surface area contributed by atoms with Gasteiger partial charge in [0, 0.05) is 32.0 Å². The lowest BCUT2D eigenvalue weighted by molar-refractivity contribution is -0.0592. The maximum Gasteiger partial charge on any atom is 0.335 e. The molecule has 1 atom stereocenters. The van der Waals surface area contributed by atoms with Crippen LogP contribution >= 0.6 is 0 Å². The number of pyridine rings is 1. The number of benzene rings is 2. The van der Waals surface area contributed by atoms with Gasteiger partial charge in [-0.2, -0.15) is 5.26 Å². The maximum absolute atomic E-state index is 13.4. The minimum absolute atomic E-state index is 0.0417. The van der Waals surface area contributed by atoms with Crippen LogP contribution in [0.25, 0.3) is 11.0 Å². The highest BCUT2D eigenvalue weighted by molar-refractivity contribution is 5.92. The summed E-state index contributed by atoms with van der Waals surface area (Å²) >= 11 is 0. The van der Waals surface area contributed by atoms with Gasteiger partial charge in [0.2, 0.25) is 0 Å². The van der Waals surface area contributed by atoms with Crippen molar-refractivity contribution >= 4 is 17.0 Å². The molecule has 2 aliphatic heterocycles. The SMILES string of the molecule is N#Cc1cc(F)ccc1OCc1cc(OC2CCN(Cc3nc4ccc(C(=O)O)cc4n3C[C@@H]3CCO3)CC2)ccn1. The molecule has 2 aliphatic rings. The Morgan fingerprint density at radius 3 is 2.71 bits per heavy atom. The van der Waals surface area contributed by atoms with Crippen LogP contribution in [0.3, 0.4) is 0 Å². The van der Waals surface area contributed by atoms with Gasteiger partial charge in [-0.3, -0.25) is 9.88 Å². The van der Waals surface area contributed by atoms with Crippen molar-refractivity contribution in [1.29, 1.82) is 5.26 Å². The number of nitriles is 1. The summed E-state index contributed by atoms with van der Waals surface area (Å²) < 4.78 is 33.2. The number of imidazole rings is 1. The Morgan fingerprint density at radius 2 is 1.98 bits per heavy atom. The van der Waals surface area contributed by atoms with Crippen LogP contribution in [-0.4, -0.2) is 62.4 Å². The number of carboxylic acids is 1. The van der Waals surface area contributed by atoms with E-state index in [1.54, 1.807) is 24.4 Å². The summed E-state index contributed by atoms with van der Waals surface area (Å²) in [6, 6.07) is 14.5. The maximum atomic E-state index is 13.4. The lowest BCUT2D eigenvalue weighted by Crippen LogP contribution is -2.39. The summed E-state index contributed by atoms with van der Waals surface area (Å²) in [4.78, 5) is 23.1. The Bertz CT molecular complexity index is 1640. The van der Waals surface area contributed by atoms with E-state index in [2.05, 4.69) is 14.5 Å². The molecule has 0 radical (unpaired) electrons. The molecule has 2 aromatic carbocycles. The van der Waals surface area contributed by atoms with Gasteiger partial charge in [0.1, 0.15) is 41.9 Å². The lowest BCUT2D eigenvalue weighted by Gasteiger charge is -2.32. The normalized spacial score (nSPS) is 17.5. The number of halogens is 1. The highest BCUT2D eigenvalue weighted by atomic mass is 19.1. The van der Waals surface area contributed by atoms with E-state index in [0.29, 0.717) is 30.3 Å². The molecular weight excluding hydrogens is 541 g/mol. The van der Waals surface area contributed by atoms with E-state index in [1.807, 2.05) is 18.2 Å². The lowest BCUT2D eigenvalue weighted by atomic mass is 10.1. The summed E-state index contributed by atoms with van der Waals surface area (Å²) in [6.07, 6.45) is 4.48. The zero-order chi connectivity index (χ0) is 29.1. The Morgan fingerprint density at radius 1 is 1.14 bits per heavy atom. The smallest absolute Gasteiger partial charge is 0.335 e. The monoisotopic (exact) mass is 571 g/mol. The molecule has 4 aromatic rings. The van der Waals surface area contributed by atoms with Gasteiger partial charge in [-0.05, 0) is 61.7 Å². The van der Waals surface area contributed by atoms with Crippen molar-refractivity contribution in [2.45, 2.75) is 51.2 Å². The van der Waals surface area contributed by atoms with Crippen molar-refractivity contribution in [3.05, 3.63) is 83.2 Å². The van der Waals surface area contributed by atoms with Crippen LogP contribution in [0.15, 0.2) is 54.7 Å². The number of nitrogens with zero attached hydrogens (tertiary/aromatic N) is 5. The second kappa shape index (κ2) is 12.1. The number of carboxylic acid groups (broad SMARTS) is 1. The molecule has 42 heavy (non-hydrogen) atoms. The van der Waals surface area contributed by atoms with E-state index in [0.717, 1.165) is 61.9 Å². The first-order valence-electron chi connectivity index (χ1n) is 14.0. The molecule has 0 aliphatic carbocycles. The van der Waals surface area contributed by atoms with Crippen molar-refractivity contribution in [2.24, 2.45) is 0 Å². The Hall–Kier alpha value is -4.53. The largest absolute Gasteiger partial charge is 0.490 e. The van der Waals surface area contributed by atoms with Gasteiger partial charge in [0.25, 0.3) is 0 Å². The third-order valence-corrected chi connectivity index (χ3v) is 7.68. The van der Waals surface area contributed by atoms with Crippen molar-refractivity contribution in [1.82, 2.24) is 19.4 Å². The molecule has 0 unspecified atom stereocenters. The highest BCUT2D eigenvalue weighted by Gasteiger charge is 2.26. The topological polar surface area (TPSA) is 123 Å². The number of hydrogen-bond acceptors (Lipinski definition) is 8.